The number of rotatable bonds is 0. The van der Waals surface area contributed by atoms with E-state index in [1.165, 1.54) is 6.42 Å². The quantitative estimate of drug-likeness (QED) is 0.703. The number of carbonyl (C=O) groups excluding carboxylic acids is 1. The Balaban J connectivity index is 2.46. The third-order valence-corrected chi connectivity index (χ3v) is 4.47. The zero-order chi connectivity index (χ0) is 12.8. The summed E-state index contributed by atoms with van der Waals surface area (Å²) >= 11 is 0. The summed E-state index contributed by atoms with van der Waals surface area (Å²) in [5.74, 6) is 0.925. The number of nitrogens with two attached hydrogens (primary N) is 1. The second kappa shape index (κ2) is 3.72. The van der Waals surface area contributed by atoms with Crippen LogP contribution in [0.2, 0.25) is 0 Å². The van der Waals surface area contributed by atoms with Crippen LogP contribution in [-0.2, 0) is 0 Å². The van der Waals surface area contributed by atoms with Crippen molar-refractivity contribution in [2.24, 2.45) is 22.1 Å². The molecule has 0 saturated heterocycles. The number of aliphatic imine (C=N–C) groups is 1. The molecule has 1 heterocycles. The fraction of sp³-hybridized carbons (Fsp3) is 0.846. The molecule has 2 aliphatic rings. The van der Waals surface area contributed by atoms with Crippen LogP contribution in [-0.4, -0.2) is 29.4 Å². The fourth-order valence-electron chi connectivity index (χ4n) is 3.63. The Morgan fingerprint density at radius 2 is 2.06 bits per heavy atom. The van der Waals surface area contributed by atoms with Crippen molar-refractivity contribution in [3.63, 3.8) is 0 Å². The Morgan fingerprint density at radius 1 is 1.41 bits per heavy atom. The van der Waals surface area contributed by atoms with E-state index in [1.807, 2.05) is 7.05 Å². The Kier molecular flexibility index (Phi) is 2.71. The Hall–Kier alpha value is -1.06. The number of urea groups is 1. The normalized spacial score (nSPS) is 34.4. The summed E-state index contributed by atoms with van der Waals surface area (Å²) in [6.45, 7) is 6.69. The molecule has 1 fully saturated rings. The molecule has 96 valence electrons. The smallest absolute Gasteiger partial charge is 0.345 e. The SMILES string of the molecule is CN1C(=O)N=C(N)C12CCCCC2C(C)(C)C. The number of likely N-dealkylation sites (N-methyl/N-ethyl adjacent to an activating group) is 1. The first-order valence-electron chi connectivity index (χ1n) is 6.42. The number of carbonyl (C=O) groups is 1. The van der Waals surface area contributed by atoms with Gasteiger partial charge in [-0.2, -0.15) is 4.99 Å². The Morgan fingerprint density at radius 3 is 2.53 bits per heavy atom. The number of hydrogen-bond acceptors (Lipinski definition) is 2. The van der Waals surface area contributed by atoms with Crippen molar-refractivity contribution in [1.29, 1.82) is 0 Å². The van der Waals surface area contributed by atoms with Gasteiger partial charge in [-0.25, -0.2) is 4.79 Å². The number of amides is 2. The fourth-order valence-corrected chi connectivity index (χ4v) is 3.63. The van der Waals surface area contributed by atoms with E-state index in [1.54, 1.807) is 4.90 Å². The molecule has 2 unspecified atom stereocenters. The van der Waals surface area contributed by atoms with E-state index in [0.717, 1.165) is 19.3 Å². The number of hydrogen-bond donors (Lipinski definition) is 1. The molecule has 1 spiro atoms. The molecule has 0 aromatic heterocycles. The van der Waals surface area contributed by atoms with Gasteiger partial charge in [-0.05, 0) is 24.2 Å². The van der Waals surface area contributed by atoms with E-state index in [0.29, 0.717) is 11.8 Å². The van der Waals surface area contributed by atoms with Gasteiger partial charge in [-0.15, -0.1) is 0 Å². The lowest BCUT2D eigenvalue weighted by atomic mass is 9.61. The highest BCUT2D eigenvalue weighted by Crippen LogP contribution is 2.48. The number of amidine groups is 1. The summed E-state index contributed by atoms with van der Waals surface area (Å²) in [5.41, 5.74) is 5.91. The average molecular weight is 237 g/mol. The standard InChI is InChI=1S/C13H23N3O/c1-12(2,3)9-7-5-6-8-13(9)10(14)15-11(17)16(13)4/h9H,5-8H2,1-4H3,(H2,14,15,17). The first-order valence-corrected chi connectivity index (χ1v) is 6.42. The molecule has 1 saturated carbocycles. The monoisotopic (exact) mass is 237 g/mol. The van der Waals surface area contributed by atoms with Gasteiger partial charge in [0.15, 0.2) is 0 Å². The highest BCUT2D eigenvalue weighted by Gasteiger charge is 2.55. The van der Waals surface area contributed by atoms with Crippen LogP contribution in [0.1, 0.15) is 46.5 Å². The lowest BCUT2D eigenvalue weighted by Gasteiger charge is -2.50. The minimum atomic E-state index is -0.326. The van der Waals surface area contributed by atoms with Gasteiger partial charge in [0.1, 0.15) is 11.4 Å². The van der Waals surface area contributed by atoms with Gasteiger partial charge in [-0.3, -0.25) is 0 Å². The first kappa shape index (κ1) is 12.4. The van der Waals surface area contributed by atoms with Crippen LogP contribution in [0.15, 0.2) is 4.99 Å². The zero-order valence-electron chi connectivity index (χ0n) is 11.3. The summed E-state index contributed by atoms with van der Waals surface area (Å²) in [7, 11) is 1.84. The molecule has 2 amide bonds. The zero-order valence-corrected chi connectivity index (χ0v) is 11.3. The van der Waals surface area contributed by atoms with Crippen molar-refractivity contribution >= 4 is 11.9 Å². The molecule has 4 heteroatoms. The van der Waals surface area contributed by atoms with Gasteiger partial charge in [0.05, 0.1) is 0 Å². The van der Waals surface area contributed by atoms with Crippen molar-refractivity contribution in [3.8, 4) is 0 Å². The molecule has 0 aromatic carbocycles. The maximum Gasteiger partial charge on any atom is 0.345 e. The second-order valence-electron chi connectivity index (χ2n) is 6.43. The van der Waals surface area contributed by atoms with Crippen LogP contribution >= 0.6 is 0 Å². The van der Waals surface area contributed by atoms with Crippen LogP contribution < -0.4 is 5.73 Å². The van der Waals surface area contributed by atoms with Gasteiger partial charge in [0.25, 0.3) is 0 Å². The van der Waals surface area contributed by atoms with Gasteiger partial charge >= 0.3 is 6.03 Å². The van der Waals surface area contributed by atoms with Gasteiger partial charge in [-0.1, -0.05) is 33.6 Å². The molecule has 0 bridgehead atoms. The van der Waals surface area contributed by atoms with Gasteiger partial charge in [0, 0.05) is 7.05 Å². The van der Waals surface area contributed by atoms with Gasteiger partial charge in [0.2, 0.25) is 0 Å². The molecule has 2 N–H and O–H groups in total. The molecule has 17 heavy (non-hydrogen) atoms. The maximum atomic E-state index is 11.8. The van der Waals surface area contributed by atoms with E-state index < -0.39 is 0 Å². The number of nitrogens with zero attached hydrogens (tertiary/aromatic N) is 2. The van der Waals surface area contributed by atoms with Gasteiger partial charge < -0.3 is 10.6 Å². The molecule has 2 atom stereocenters. The Labute approximate surface area is 103 Å². The van der Waals surface area contributed by atoms with Crippen LogP contribution in [0.5, 0.6) is 0 Å². The molecule has 4 nitrogen and oxygen atoms in total. The third-order valence-electron chi connectivity index (χ3n) is 4.47. The summed E-state index contributed by atoms with van der Waals surface area (Å²) in [4.78, 5) is 17.6. The first-order chi connectivity index (χ1) is 7.80. The summed E-state index contributed by atoms with van der Waals surface area (Å²) in [5, 5.41) is 0. The summed E-state index contributed by atoms with van der Waals surface area (Å²) in [6.07, 6.45) is 4.42. The minimum absolute atomic E-state index is 0.138. The molecule has 0 radical (unpaired) electrons. The van der Waals surface area contributed by atoms with Crippen LogP contribution in [0.4, 0.5) is 4.79 Å². The van der Waals surface area contributed by atoms with Crippen molar-refractivity contribution in [1.82, 2.24) is 4.90 Å². The average Bonchev–Trinajstić information content (AvgIpc) is 2.43. The van der Waals surface area contributed by atoms with Crippen LogP contribution in [0, 0.1) is 11.3 Å². The molecule has 1 aliphatic carbocycles. The highest BCUT2D eigenvalue weighted by atomic mass is 16.2. The predicted octanol–water partition coefficient (Wildman–Crippen LogP) is 2.38. The van der Waals surface area contributed by atoms with Crippen molar-refractivity contribution in [2.45, 2.75) is 52.0 Å². The van der Waals surface area contributed by atoms with E-state index in [9.17, 15) is 4.79 Å². The molecule has 1 aliphatic heterocycles. The summed E-state index contributed by atoms with van der Waals surface area (Å²) in [6, 6.07) is -0.182. The maximum absolute atomic E-state index is 11.8. The van der Waals surface area contributed by atoms with E-state index in [-0.39, 0.29) is 17.0 Å². The third kappa shape index (κ3) is 1.65. The lowest BCUT2D eigenvalue weighted by Crippen LogP contribution is -2.61. The van der Waals surface area contributed by atoms with E-state index in [4.69, 9.17) is 5.73 Å². The molecular weight excluding hydrogens is 214 g/mol. The second-order valence-corrected chi connectivity index (χ2v) is 6.43. The largest absolute Gasteiger partial charge is 0.385 e. The molecule has 0 aromatic rings. The minimum Gasteiger partial charge on any atom is -0.385 e. The van der Waals surface area contributed by atoms with E-state index >= 15 is 0 Å². The topological polar surface area (TPSA) is 58.7 Å². The van der Waals surface area contributed by atoms with Crippen LogP contribution in [0.3, 0.4) is 0 Å². The summed E-state index contributed by atoms with van der Waals surface area (Å²) < 4.78 is 0. The van der Waals surface area contributed by atoms with Crippen molar-refractivity contribution in [3.05, 3.63) is 0 Å². The predicted molar refractivity (Wildman–Crippen MR) is 68.9 cm³/mol. The van der Waals surface area contributed by atoms with E-state index in [2.05, 4.69) is 25.8 Å². The Bertz CT molecular complexity index is 369. The van der Waals surface area contributed by atoms with Crippen molar-refractivity contribution in [2.75, 3.05) is 7.05 Å². The van der Waals surface area contributed by atoms with Crippen molar-refractivity contribution < 1.29 is 4.79 Å². The highest BCUT2D eigenvalue weighted by molar-refractivity contribution is 6.06. The molecule has 2 rings (SSSR count). The molecular formula is C13H23N3O. The lowest BCUT2D eigenvalue weighted by molar-refractivity contribution is 0.0437. The van der Waals surface area contributed by atoms with Crippen LogP contribution in [0.25, 0.3) is 0 Å².